The van der Waals surface area contributed by atoms with Crippen molar-refractivity contribution in [3.8, 4) is 0 Å². The number of aryl methyl sites for hydroxylation is 1. The summed E-state index contributed by atoms with van der Waals surface area (Å²) in [6, 6.07) is 5.73. The second kappa shape index (κ2) is 7.36. The Labute approximate surface area is 140 Å². The van der Waals surface area contributed by atoms with Gasteiger partial charge in [-0.05, 0) is 38.8 Å². The number of nitrogens with one attached hydrogen (secondary N) is 1. The van der Waals surface area contributed by atoms with Crippen LogP contribution in [0, 0.1) is 6.92 Å². The first kappa shape index (κ1) is 17.8. The average molecular weight is 337 g/mol. The van der Waals surface area contributed by atoms with Gasteiger partial charge in [-0.1, -0.05) is 24.5 Å². The standard InChI is InChI=1S/C17H23NO4S/c1-11-7-8-14(23-12-5-3-4-6-12)13(9-11)15(19)18-10-17(2,22)16(20)21/h7-9,12,22H,3-6,10H2,1-2H3,(H,18,19)(H,20,21). The first-order valence-corrected chi connectivity index (χ1v) is 8.69. The first-order chi connectivity index (χ1) is 10.8. The summed E-state index contributed by atoms with van der Waals surface area (Å²) in [4.78, 5) is 24.3. The molecule has 23 heavy (non-hydrogen) atoms. The normalized spacial score (nSPS) is 17.7. The lowest BCUT2D eigenvalue weighted by molar-refractivity contribution is -0.155. The second-order valence-electron chi connectivity index (χ2n) is 6.29. The number of thioether (sulfide) groups is 1. The molecule has 0 aromatic heterocycles. The number of benzene rings is 1. The monoisotopic (exact) mass is 337 g/mol. The van der Waals surface area contributed by atoms with E-state index in [1.54, 1.807) is 11.8 Å². The molecule has 1 aliphatic rings. The molecule has 0 spiro atoms. The fraction of sp³-hybridized carbons (Fsp3) is 0.529. The third-order valence-corrected chi connectivity index (χ3v) is 5.44. The van der Waals surface area contributed by atoms with Gasteiger partial charge in [0.05, 0.1) is 12.1 Å². The SMILES string of the molecule is Cc1ccc(SC2CCCC2)c(C(=O)NCC(C)(O)C(=O)O)c1. The maximum atomic E-state index is 12.4. The Morgan fingerprint density at radius 3 is 2.61 bits per heavy atom. The van der Waals surface area contributed by atoms with Gasteiger partial charge in [-0.2, -0.15) is 0 Å². The Hall–Kier alpha value is -1.53. The van der Waals surface area contributed by atoms with E-state index in [-0.39, 0.29) is 12.5 Å². The molecule has 1 unspecified atom stereocenters. The zero-order valence-corrected chi connectivity index (χ0v) is 14.3. The number of carboxylic acids is 1. The summed E-state index contributed by atoms with van der Waals surface area (Å²) in [7, 11) is 0. The van der Waals surface area contributed by atoms with Crippen LogP contribution in [0.1, 0.15) is 48.5 Å². The molecule has 1 amide bonds. The summed E-state index contributed by atoms with van der Waals surface area (Å²) in [6.45, 7) is 2.75. The van der Waals surface area contributed by atoms with E-state index < -0.39 is 11.6 Å². The summed E-state index contributed by atoms with van der Waals surface area (Å²) in [5, 5.41) is 21.7. The number of aliphatic hydroxyl groups is 1. The molecule has 1 aliphatic carbocycles. The molecular weight excluding hydrogens is 314 g/mol. The van der Waals surface area contributed by atoms with Crippen LogP contribution in [-0.4, -0.2) is 39.5 Å². The zero-order valence-electron chi connectivity index (χ0n) is 13.5. The van der Waals surface area contributed by atoms with Crippen molar-refractivity contribution in [2.24, 2.45) is 0 Å². The largest absolute Gasteiger partial charge is 0.479 e. The molecule has 6 heteroatoms. The third-order valence-electron chi connectivity index (χ3n) is 4.03. The van der Waals surface area contributed by atoms with Crippen LogP contribution in [0.4, 0.5) is 0 Å². The number of aliphatic carboxylic acids is 1. The Balaban J connectivity index is 2.11. The molecule has 0 aliphatic heterocycles. The Kier molecular flexibility index (Phi) is 5.70. The number of amides is 1. The molecule has 0 bridgehead atoms. The lowest BCUT2D eigenvalue weighted by Gasteiger charge is -2.19. The Morgan fingerprint density at radius 1 is 1.35 bits per heavy atom. The first-order valence-electron chi connectivity index (χ1n) is 7.81. The Bertz CT molecular complexity index is 594. The minimum absolute atomic E-state index is 0.331. The van der Waals surface area contributed by atoms with E-state index in [0.29, 0.717) is 10.8 Å². The van der Waals surface area contributed by atoms with Gasteiger partial charge in [0.1, 0.15) is 0 Å². The number of carbonyl (C=O) groups is 2. The fourth-order valence-electron chi connectivity index (χ4n) is 2.53. The van der Waals surface area contributed by atoms with Crippen molar-refractivity contribution in [1.82, 2.24) is 5.32 Å². The van der Waals surface area contributed by atoms with Crippen LogP contribution < -0.4 is 5.32 Å². The van der Waals surface area contributed by atoms with Crippen molar-refractivity contribution in [2.75, 3.05) is 6.54 Å². The number of hydrogen-bond acceptors (Lipinski definition) is 4. The molecule has 1 fully saturated rings. The molecule has 0 radical (unpaired) electrons. The van der Waals surface area contributed by atoms with Crippen LogP contribution in [0.25, 0.3) is 0 Å². The maximum absolute atomic E-state index is 12.4. The van der Waals surface area contributed by atoms with Crippen molar-refractivity contribution in [1.29, 1.82) is 0 Å². The van der Waals surface area contributed by atoms with Crippen molar-refractivity contribution in [2.45, 2.75) is 55.3 Å². The number of carbonyl (C=O) groups excluding carboxylic acids is 1. The van der Waals surface area contributed by atoms with Crippen molar-refractivity contribution < 1.29 is 19.8 Å². The highest BCUT2D eigenvalue weighted by molar-refractivity contribution is 8.00. The predicted molar refractivity (Wildman–Crippen MR) is 89.9 cm³/mol. The van der Waals surface area contributed by atoms with E-state index in [9.17, 15) is 14.7 Å². The van der Waals surface area contributed by atoms with Gasteiger partial charge in [0.25, 0.3) is 5.91 Å². The molecule has 5 nitrogen and oxygen atoms in total. The molecule has 1 atom stereocenters. The van der Waals surface area contributed by atoms with Gasteiger partial charge in [0.15, 0.2) is 5.60 Å². The van der Waals surface area contributed by atoms with Crippen molar-refractivity contribution in [3.63, 3.8) is 0 Å². The van der Waals surface area contributed by atoms with Gasteiger partial charge in [-0.15, -0.1) is 11.8 Å². The van der Waals surface area contributed by atoms with Gasteiger partial charge in [-0.3, -0.25) is 4.79 Å². The summed E-state index contributed by atoms with van der Waals surface area (Å²) in [5.74, 6) is -1.71. The quantitative estimate of drug-likeness (QED) is 0.743. The highest BCUT2D eigenvalue weighted by Crippen LogP contribution is 2.36. The number of rotatable bonds is 6. The van der Waals surface area contributed by atoms with E-state index >= 15 is 0 Å². The molecule has 0 heterocycles. The maximum Gasteiger partial charge on any atom is 0.337 e. The highest BCUT2D eigenvalue weighted by Gasteiger charge is 2.30. The van der Waals surface area contributed by atoms with Crippen LogP contribution >= 0.6 is 11.8 Å². The van der Waals surface area contributed by atoms with Crippen LogP contribution in [0.3, 0.4) is 0 Å². The molecular formula is C17H23NO4S. The van der Waals surface area contributed by atoms with Gasteiger partial charge < -0.3 is 15.5 Å². The lowest BCUT2D eigenvalue weighted by atomic mass is 10.1. The van der Waals surface area contributed by atoms with Gasteiger partial charge >= 0.3 is 5.97 Å². The van der Waals surface area contributed by atoms with Crippen LogP contribution in [0.2, 0.25) is 0 Å². The second-order valence-corrected chi connectivity index (χ2v) is 7.63. The van der Waals surface area contributed by atoms with Crippen LogP contribution in [-0.2, 0) is 4.79 Å². The van der Waals surface area contributed by atoms with Gasteiger partial charge in [0.2, 0.25) is 0 Å². The highest BCUT2D eigenvalue weighted by atomic mass is 32.2. The molecule has 3 N–H and O–H groups in total. The summed E-state index contributed by atoms with van der Waals surface area (Å²) < 4.78 is 0. The van der Waals surface area contributed by atoms with Gasteiger partial charge in [-0.25, -0.2) is 4.79 Å². The van der Waals surface area contributed by atoms with E-state index in [0.717, 1.165) is 23.3 Å². The van der Waals surface area contributed by atoms with Crippen LogP contribution in [0.15, 0.2) is 23.1 Å². The van der Waals surface area contributed by atoms with E-state index in [2.05, 4.69) is 5.32 Å². The zero-order chi connectivity index (χ0) is 17.0. The number of carboxylic acid groups (broad SMARTS) is 1. The van der Waals surface area contributed by atoms with Crippen molar-refractivity contribution in [3.05, 3.63) is 29.3 Å². The topological polar surface area (TPSA) is 86.6 Å². The van der Waals surface area contributed by atoms with Crippen molar-refractivity contribution >= 4 is 23.6 Å². The lowest BCUT2D eigenvalue weighted by Crippen LogP contribution is -2.46. The average Bonchev–Trinajstić information content (AvgIpc) is 2.99. The third kappa shape index (κ3) is 4.72. The number of hydrogen-bond donors (Lipinski definition) is 3. The minimum Gasteiger partial charge on any atom is -0.479 e. The van der Waals surface area contributed by atoms with E-state index in [1.165, 1.54) is 19.8 Å². The molecule has 126 valence electrons. The summed E-state index contributed by atoms with van der Waals surface area (Å²) in [5.41, 5.74) is -0.461. The summed E-state index contributed by atoms with van der Waals surface area (Å²) in [6.07, 6.45) is 4.78. The minimum atomic E-state index is -1.97. The fourth-order valence-corrected chi connectivity index (χ4v) is 3.89. The molecule has 2 rings (SSSR count). The molecule has 0 saturated heterocycles. The molecule has 1 saturated carbocycles. The smallest absolute Gasteiger partial charge is 0.337 e. The van der Waals surface area contributed by atoms with Crippen LogP contribution in [0.5, 0.6) is 0 Å². The Morgan fingerprint density at radius 2 is 2.00 bits per heavy atom. The van der Waals surface area contributed by atoms with E-state index in [1.807, 2.05) is 25.1 Å². The summed E-state index contributed by atoms with van der Waals surface area (Å²) >= 11 is 1.71. The van der Waals surface area contributed by atoms with Gasteiger partial charge in [0, 0.05) is 10.1 Å². The molecule has 1 aromatic rings. The molecule has 1 aromatic carbocycles. The van der Waals surface area contributed by atoms with E-state index in [4.69, 9.17) is 5.11 Å². The predicted octanol–water partition coefficient (Wildman–Crippen LogP) is 2.60.